The van der Waals surface area contributed by atoms with Crippen molar-refractivity contribution in [2.24, 2.45) is 22.4 Å². The van der Waals surface area contributed by atoms with Gasteiger partial charge in [0, 0.05) is 55.1 Å². The smallest absolute Gasteiger partial charge is 0.306 e. The van der Waals surface area contributed by atoms with Crippen molar-refractivity contribution in [1.29, 1.82) is 0 Å². The lowest BCUT2D eigenvalue weighted by Gasteiger charge is -2.36. The van der Waals surface area contributed by atoms with E-state index in [0.717, 1.165) is 87.8 Å². The van der Waals surface area contributed by atoms with Crippen molar-refractivity contribution in [3.63, 3.8) is 0 Å². The normalized spacial score (nSPS) is 15.2. The van der Waals surface area contributed by atoms with Crippen LogP contribution in [-0.2, 0) is 9.53 Å². The highest BCUT2D eigenvalue weighted by atomic mass is 16.5. The van der Waals surface area contributed by atoms with Gasteiger partial charge in [-0.1, -0.05) is 44.3 Å². The number of benzene rings is 1. The number of nitrogens with zero attached hydrogens (tertiary/aromatic N) is 7. The van der Waals surface area contributed by atoms with Gasteiger partial charge in [-0.05, 0) is 117 Å². The molecule has 0 spiro atoms. The molecule has 55 heavy (non-hydrogen) atoms. The van der Waals surface area contributed by atoms with E-state index in [9.17, 15) is 9.59 Å². The fourth-order valence-electron chi connectivity index (χ4n) is 7.59. The molecule has 296 valence electrons. The Morgan fingerprint density at radius 3 is 2.55 bits per heavy atom. The lowest BCUT2D eigenvalue weighted by atomic mass is 9.86. The van der Waals surface area contributed by atoms with Crippen molar-refractivity contribution in [3.05, 3.63) is 82.0 Å². The van der Waals surface area contributed by atoms with Gasteiger partial charge >= 0.3 is 5.97 Å². The maximum atomic E-state index is 14.7. The van der Waals surface area contributed by atoms with Gasteiger partial charge in [-0.15, -0.1) is 0 Å². The molecule has 2 fully saturated rings. The second kappa shape index (κ2) is 20.2. The average Bonchev–Trinajstić information content (AvgIpc) is 4.03. The predicted molar refractivity (Wildman–Crippen MR) is 216 cm³/mol. The van der Waals surface area contributed by atoms with Crippen LogP contribution in [0.1, 0.15) is 113 Å². The minimum Gasteiger partial charge on any atom is -0.497 e. The number of methoxy groups -OCH3 is 1. The number of azide groups is 1. The van der Waals surface area contributed by atoms with Gasteiger partial charge in [0.05, 0.1) is 38.0 Å². The number of piperidine rings is 1. The second-order valence-electron chi connectivity index (χ2n) is 15.8. The van der Waals surface area contributed by atoms with Gasteiger partial charge in [-0.3, -0.25) is 14.5 Å². The summed E-state index contributed by atoms with van der Waals surface area (Å²) in [5.74, 6) is 2.67. The zero-order valence-corrected chi connectivity index (χ0v) is 33.4. The largest absolute Gasteiger partial charge is 0.497 e. The molecule has 1 aromatic carbocycles. The summed E-state index contributed by atoms with van der Waals surface area (Å²) >= 11 is 0. The van der Waals surface area contributed by atoms with E-state index in [1.807, 2.05) is 67.3 Å². The molecule has 12 nitrogen and oxygen atoms in total. The van der Waals surface area contributed by atoms with Crippen molar-refractivity contribution in [3.8, 4) is 11.6 Å². The van der Waals surface area contributed by atoms with Crippen molar-refractivity contribution >= 4 is 23.4 Å². The Bertz CT molecular complexity index is 1770. The summed E-state index contributed by atoms with van der Waals surface area (Å²) in [7, 11) is 1.65. The van der Waals surface area contributed by atoms with Gasteiger partial charge in [-0.25, -0.2) is 9.97 Å². The summed E-state index contributed by atoms with van der Waals surface area (Å²) in [4.78, 5) is 43.4. The molecule has 0 N–H and O–H groups in total. The Kier molecular flexibility index (Phi) is 15.2. The van der Waals surface area contributed by atoms with Crippen LogP contribution in [0, 0.1) is 24.2 Å². The lowest BCUT2D eigenvalue weighted by molar-refractivity contribution is -0.143. The van der Waals surface area contributed by atoms with E-state index >= 15 is 0 Å². The number of amides is 1. The summed E-state index contributed by atoms with van der Waals surface area (Å²) < 4.78 is 17.2. The Labute approximate surface area is 326 Å². The number of hydrogen-bond acceptors (Lipinski definition) is 9. The molecule has 1 aliphatic heterocycles. The van der Waals surface area contributed by atoms with Gasteiger partial charge in [-0.2, -0.15) is 0 Å². The summed E-state index contributed by atoms with van der Waals surface area (Å²) in [6.45, 7) is 11.7. The molecule has 0 radical (unpaired) electrons. The number of hydrogen-bond donors (Lipinski definition) is 0. The first-order valence-corrected chi connectivity index (χ1v) is 20.0. The Hall–Kier alpha value is -4.83. The van der Waals surface area contributed by atoms with Crippen LogP contribution >= 0.6 is 0 Å². The molecule has 3 heterocycles. The first-order valence-electron chi connectivity index (χ1n) is 20.0. The molecule has 1 saturated carbocycles. The van der Waals surface area contributed by atoms with E-state index < -0.39 is 0 Å². The summed E-state index contributed by atoms with van der Waals surface area (Å²) in [5.41, 5.74) is 11.8. The molecule has 1 saturated heterocycles. The van der Waals surface area contributed by atoms with E-state index in [2.05, 4.69) is 33.8 Å². The van der Waals surface area contributed by atoms with Gasteiger partial charge in [0.25, 0.3) is 5.91 Å². The number of esters is 1. The van der Waals surface area contributed by atoms with Gasteiger partial charge < -0.3 is 19.1 Å². The van der Waals surface area contributed by atoms with E-state index in [1.54, 1.807) is 13.3 Å². The van der Waals surface area contributed by atoms with Crippen LogP contribution in [0.3, 0.4) is 0 Å². The lowest BCUT2D eigenvalue weighted by Crippen LogP contribution is -2.41. The van der Waals surface area contributed by atoms with Crippen LogP contribution in [0.5, 0.6) is 11.6 Å². The molecular weight excluding hydrogens is 695 g/mol. The molecule has 12 heteroatoms. The summed E-state index contributed by atoms with van der Waals surface area (Å²) in [5, 5.41) is 3.64. The number of aromatic nitrogens is 2. The number of pyridine rings is 2. The fraction of sp³-hybridized carbons (Fsp3) is 0.581. The second-order valence-corrected chi connectivity index (χ2v) is 15.8. The number of carbonyl (C=O) groups is 2. The summed E-state index contributed by atoms with van der Waals surface area (Å²) in [6, 6.07) is 15.6. The Balaban J connectivity index is 1.25. The molecule has 3 aromatic rings. The number of aryl methyl sites for hydroxylation is 1. The van der Waals surface area contributed by atoms with Crippen LogP contribution in [-0.4, -0.2) is 68.3 Å². The van der Waals surface area contributed by atoms with Crippen molar-refractivity contribution in [2.75, 3.05) is 56.3 Å². The number of anilines is 2. The Morgan fingerprint density at radius 1 is 1.05 bits per heavy atom. The molecule has 2 aliphatic rings. The highest BCUT2D eigenvalue weighted by Crippen LogP contribution is 2.45. The van der Waals surface area contributed by atoms with Crippen LogP contribution in [0.25, 0.3) is 10.4 Å². The zero-order valence-electron chi connectivity index (χ0n) is 33.4. The molecule has 1 atom stereocenters. The van der Waals surface area contributed by atoms with Crippen LogP contribution in [0.4, 0.5) is 11.5 Å². The number of ether oxygens (including phenoxy) is 3. The van der Waals surface area contributed by atoms with Crippen molar-refractivity contribution < 1.29 is 23.8 Å². The number of rotatable bonds is 21. The van der Waals surface area contributed by atoms with E-state index in [1.165, 1.54) is 0 Å². The maximum absolute atomic E-state index is 14.7. The van der Waals surface area contributed by atoms with Crippen LogP contribution < -0.4 is 19.3 Å². The minimum absolute atomic E-state index is 0.0814. The third kappa shape index (κ3) is 12.3. The zero-order chi connectivity index (χ0) is 39.2. The number of carbonyl (C=O) groups excluding carboxylic acids is 2. The molecule has 0 unspecified atom stereocenters. The summed E-state index contributed by atoms with van der Waals surface area (Å²) in [6.07, 6.45) is 11.1. The van der Waals surface area contributed by atoms with Crippen LogP contribution in [0.2, 0.25) is 0 Å². The van der Waals surface area contributed by atoms with Gasteiger partial charge in [0.2, 0.25) is 5.88 Å². The molecule has 1 aliphatic carbocycles. The molecule has 0 bridgehead atoms. The molecule has 5 rings (SSSR count). The maximum Gasteiger partial charge on any atom is 0.306 e. The van der Waals surface area contributed by atoms with Gasteiger partial charge in [0.1, 0.15) is 11.6 Å². The van der Waals surface area contributed by atoms with Gasteiger partial charge in [0.15, 0.2) is 0 Å². The number of unbranched alkanes of at least 4 members (excludes halogenated alkanes) is 3. The SMILES string of the molecule is CCOC(=O)C[C@@H](c1ccnc(OCC2CCN(c3cc(OC)ccc3C(=O)N(CC(C)(C)CCCCCCN=[N+]=[N-])c3cccc(C)n3)CC2)c1)C1CC1. The highest BCUT2D eigenvalue weighted by molar-refractivity contribution is 6.09. The quantitative estimate of drug-likeness (QED) is 0.0344. The first-order chi connectivity index (χ1) is 26.6. The van der Waals surface area contributed by atoms with E-state index in [0.29, 0.717) is 67.6 Å². The molecular formula is C43H59N7O5. The third-order valence-corrected chi connectivity index (χ3v) is 10.8. The monoisotopic (exact) mass is 753 g/mol. The Morgan fingerprint density at radius 2 is 1.84 bits per heavy atom. The topological polar surface area (TPSA) is 143 Å². The standard InChI is InChI=1S/C43H59N7O5/c1-6-54-41(51)28-37(33-14-15-33)34-18-23-45-40(26-34)55-29-32-19-24-49(25-20-32)38-27-35(53-5)16-17-36(38)42(52)50(39-13-11-12-31(2)47-39)30-43(3,4)21-9-7-8-10-22-46-48-44/h11-13,16-18,23,26-27,32-33,37H,6-10,14-15,19-22,24-25,28-30H2,1-5H3/t37-/m1/s1. The van der Waals surface area contributed by atoms with Crippen LogP contribution in [0.15, 0.2) is 59.8 Å². The third-order valence-electron chi connectivity index (χ3n) is 10.8. The fourth-order valence-corrected chi connectivity index (χ4v) is 7.59. The first kappa shape index (κ1) is 41.3. The molecule has 2 aromatic heterocycles. The minimum atomic E-state index is -0.162. The average molecular weight is 754 g/mol. The van der Waals surface area contributed by atoms with Crippen molar-refractivity contribution in [2.45, 2.75) is 97.8 Å². The van der Waals surface area contributed by atoms with E-state index in [-0.39, 0.29) is 23.2 Å². The highest BCUT2D eigenvalue weighted by Gasteiger charge is 2.35. The predicted octanol–water partition coefficient (Wildman–Crippen LogP) is 9.47. The van der Waals surface area contributed by atoms with Crippen molar-refractivity contribution in [1.82, 2.24) is 9.97 Å². The molecule has 1 amide bonds. The van der Waals surface area contributed by atoms with E-state index in [4.69, 9.17) is 24.7 Å².